The van der Waals surface area contributed by atoms with E-state index in [1.54, 1.807) is 12.1 Å². The van der Waals surface area contributed by atoms with Gasteiger partial charge in [0.15, 0.2) is 0 Å². The van der Waals surface area contributed by atoms with Crippen molar-refractivity contribution in [2.45, 2.75) is 6.92 Å². The van der Waals surface area contributed by atoms with E-state index in [-0.39, 0.29) is 5.91 Å². The Hall–Kier alpha value is -2.73. The first-order chi connectivity index (χ1) is 9.70. The van der Waals surface area contributed by atoms with Crippen molar-refractivity contribution in [2.75, 3.05) is 17.7 Å². The molecule has 0 atom stereocenters. The summed E-state index contributed by atoms with van der Waals surface area (Å²) in [7, 11) is 1.82. The van der Waals surface area contributed by atoms with Crippen LogP contribution in [0.2, 0.25) is 0 Å². The van der Waals surface area contributed by atoms with Crippen LogP contribution >= 0.6 is 0 Å². The summed E-state index contributed by atoms with van der Waals surface area (Å²) in [4.78, 5) is 11.9. The number of benzene rings is 1. The van der Waals surface area contributed by atoms with Gasteiger partial charge in [0, 0.05) is 13.1 Å². The zero-order valence-electron chi connectivity index (χ0n) is 11.5. The number of carbonyl (C=O) groups excluding carboxylic acids is 1. The Morgan fingerprint density at radius 3 is 2.55 bits per heavy atom. The molecule has 0 aromatic heterocycles. The molecule has 2 N–H and O–H groups in total. The molecule has 0 spiro atoms. The average Bonchev–Trinajstić information content (AvgIpc) is 2.47. The van der Waals surface area contributed by atoms with Crippen LogP contribution in [0.4, 0.5) is 11.4 Å². The molecule has 2 aromatic rings. The van der Waals surface area contributed by atoms with Gasteiger partial charge in [0.2, 0.25) is 5.91 Å². The topological polar surface area (TPSA) is 41.1 Å². The second kappa shape index (κ2) is 6.44. The Labute approximate surface area is 119 Å². The molecule has 0 unspecified atom stereocenters. The van der Waals surface area contributed by atoms with Crippen LogP contribution in [0.5, 0.6) is 0 Å². The lowest BCUT2D eigenvalue weighted by atomic mass is 10.1. The average molecular weight is 264 g/mol. The standard InChI is InChI=1S/C17H16N2O/c1-13-7-3-4-8-14(13)11-12-17(20)19-16-10-6-5-9-15(16)18-2/h5-12,18H,1-2H3,(H,19,20)/b12-11+. The van der Waals surface area contributed by atoms with Crippen molar-refractivity contribution in [3.05, 3.63) is 65.7 Å². The van der Waals surface area contributed by atoms with Crippen LogP contribution in [0.3, 0.4) is 0 Å². The molecule has 0 aliphatic heterocycles. The number of nitrogens with one attached hydrogen (secondary N) is 2. The third-order valence-electron chi connectivity index (χ3n) is 2.92. The first-order valence-corrected chi connectivity index (χ1v) is 6.35. The Morgan fingerprint density at radius 1 is 1.15 bits per heavy atom. The fourth-order valence-electron chi connectivity index (χ4n) is 1.80. The quantitative estimate of drug-likeness (QED) is 0.832. The first kappa shape index (κ1) is 13.7. The van der Waals surface area contributed by atoms with Crippen molar-refractivity contribution >= 4 is 23.4 Å². The molecule has 0 saturated carbocycles. The molecule has 1 amide bonds. The maximum absolute atomic E-state index is 11.9. The molecule has 3 heteroatoms. The van der Waals surface area contributed by atoms with Crippen molar-refractivity contribution in [1.29, 1.82) is 0 Å². The molecular weight excluding hydrogens is 248 g/mol. The molecule has 0 heterocycles. The summed E-state index contributed by atoms with van der Waals surface area (Å²) in [5, 5.41) is 5.88. The van der Waals surface area contributed by atoms with Crippen molar-refractivity contribution < 1.29 is 4.79 Å². The summed E-state index contributed by atoms with van der Waals surface area (Å²) < 4.78 is 0. The SMILES string of the molecule is CNc1ccccc1NC(=O)/C=C/c1cc#ccc1C. The minimum atomic E-state index is -0.167. The van der Waals surface area contributed by atoms with Crippen LogP contribution in [0.25, 0.3) is 6.08 Å². The minimum absolute atomic E-state index is 0.167. The van der Waals surface area contributed by atoms with E-state index in [0.29, 0.717) is 0 Å². The first-order valence-electron chi connectivity index (χ1n) is 6.35. The predicted octanol–water partition coefficient (Wildman–Crippen LogP) is 3.29. The van der Waals surface area contributed by atoms with E-state index in [0.717, 1.165) is 22.5 Å². The van der Waals surface area contributed by atoms with Gasteiger partial charge in [-0.3, -0.25) is 4.79 Å². The fourth-order valence-corrected chi connectivity index (χ4v) is 1.80. The van der Waals surface area contributed by atoms with Gasteiger partial charge in [0.25, 0.3) is 0 Å². The highest BCUT2D eigenvalue weighted by Crippen LogP contribution is 2.20. The number of hydrogen-bond acceptors (Lipinski definition) is 2. The molecule has 20 heavy (non-hydrogen) atoms. The Balaban J connectivity index is 2.08. The van der Waals surface area contributed by atoms with Crippen LogP contribution in [0.15, 0.2) is 42.5 Å². The molecule has 2 rings (SSSR count). The van der Waals surface area contributed by atoms with Gasteiger partial charge in [-0.25, -0.2) is 0 Å². The molecule has 2 aromatic carbocycles. The predicted molar refractivity (Wildman–Crippen MR) is 82.5 cm³/mol. The van der Waals surface area contributed by atoms with Crippen LogP contribution < -0.4 is 10.6 Å². The number of carbonyl (C=O) groups is 1. The minimum Gasteiger partial charge on any atom is -0.386 e. The highest BCUT2D eigenvalue weighted by molar-refractivity contribution is 6.03. The molecule has 0 bridgehead atoms. The number of para-hydroxylation sites is 2. The van der Waals surface area contributed by atoms with Gasteiger partial charge in [-0.15, -0.1) is 0 Å². The van der Waals surface area contributed by atoms with E-state index in [2.05, 4.69) is 22.8 Å². The van der Waals surface area contributed by atoms with Gasteiger partial charge in [-0.2, -0.15) is 0 Å². The molecule has 0 aliphatic carbocycles. The fraction of sp³-hybridized carbons (Fsp3) is 0.118. The molecular formula is C17H16N2O. The van der Waals surface area contributed by atoms with E-state index in [9.17, 15) is 4.79 Å². The molecule has 0 saturated heterocycles. The van der Waals surface area contributed by atoms with Gasteiger partial charge < -0.3 is 10.6 Å². The van der Waals surface area contributed by atoms with Crippen LogP contribution in [-0.4, -0.2) is 13.0 Å². The van der Waals surface area contributed by atoms with Crippen molar-refractivity contribution in [3.63, 3.8) is 0 Å². The zero-order valence-corrected chi connectivity index (χ0v) is 11.5. The number of anilines is 2. The van der Waals surface area contributed by atoms with Gasteiger partial charge in [0.1, 0.15) is 0 Å². The second-order valence-corrected chi connectivity index (χ2v) is 4.33. The summed E-state index contributed by atoms with van der Waals surface area (Å²) in [5.41, 5.74) is 3.66. The molecule has 3 nitrogen and oxygen atoms in total. The number of hydrogen-bond donors (Lipinski definition) is 2. The highest BCUT2D eigenvalue weighted by atomic mass is 16.1. The largest absolute Gasteiger partial charge is 0.386 e. The number of rotatable bonds is 4. The molecule has 100 valence electrons. The Morgan fingerprint density at radius 2 is 1.85 bits per heavy atom. The second-order valence-electron chi connectivity index (χ2n) is 4.33. The smallest absolute Gasteiger partial charge is 0.248 e. The summed E-state index contributed by atoms with van der Waals surface area (Å²) in [5.74, 6) is -0.167. The van der Waals surface area contributed by atoms with E-state index in [1.165, 1.54) is 6.08 Å². The highest BCUT2D eigenvalue weighted by Gasteiger charge is 2.02. The Kier molecular flexibility index (Phi) is 4.41. The van der Waals surface area contributed by atoms with Gasteiger partial charge in [-0.1, -0.05) is 24.3 Å². The van der Waals surface area contributed by atoms with Gasteiger partial charge in [0.05, 0.1) is 11.4 Å². The van der Waals surface area contributed by atoms with Crippen molar-refractivity contribution in [3.8, 4) is 0 Å². The maximum Gasteiger partial charge on any atom is 0.248 e. The van der Waals surface area contributed by atoms with Gasteiger partial charge in [-0.05, 0) is 48.4 Å². The third-order valence-corrected chi connectivity index (χ3v) is 2.92. The maximum atomic E-state index is 11.9. The monoisotopic (exact) mass is 264 g/mol. The summed E-state index contributed by atoms with van der Waals surface area (Å²) >= 11 is 0. The Bertz CT molecular complexity index is 632. The van der Waals surface area contributed by atoms with E-state index >= 15 is 0 Å². The molecule has 0 radical (unpaired) electrons. The van der Waals surface area contributed by atoms with E-state index in [1.807, 2.05) is 44.3 Å². The molecule has 0 aliphatic rings. The van der Waals surface area contributed by atoms with Crippen LogP contribution in [0.1, 0.15) is 11.1 Å². The van der Waals surface area contributed by atoms with Crippen LogP contribution in [-0.2, 0) is 4.79 Å². The third kappa shape index (κ3) is 3.39. The summed E-state index contributed by atoms with van der Waals surface area (Å²) in [6.07, 6.45) is 3.29. The number of aryl methyl sites for hydroxylation is 1. The van der Waals surface area contributed by atoms with E-state index in [4.69, 9.17) is 0 Å². The zero-order chi connectivity index (χ0) is 14.4. The van der Waals surface area contributed by atoms with Crippen molar-refractivity contribution in [2.24, 2.45) is 0 Å². The summed E-state index contributed by atoms with van der Waals surface area (Å²) in [6.45, 7) is 1.97. The summed E-state index contributed by atoms with van der Waals surface area (Å²) in [6, 6.07) is 17.0. The van der Waals surface area contributed by atoms with Crippen LogP contribution in [0, 0.1) is 19.1 Å². The lowest BCUT2D eigenvalue weighted by molar-refractivity contribution is -0.111. The number of amides is 1. The molecule has 0 fully saturated rings. The lowest BCUT2D eigenvalue weighted by Crippen LogP contribution is -2.09. The lowest BCUT2D eigenvalue weighted by Gasteiger charge is -2.08. The normalized spacial score (nSPS) is 10.1. The van der Waals surface area contributed by atoms with Gasteiger partial charge >= 0.3 is 0 Å². The van der Waals surface area contributed by atoms with E-state index < -0.39 is 0 Å². The van der Waals surface area contributed by atoms with Crippen molar-refractivity contribution in [1.82, 2.24) is 0 Å².